The number of benzene rings is 2. The first-order valence-electron chi connectivity index (χ1n) is 7.85. The smallest absolute Gasteiger partial charge is 0.251 e. The molecule has 0 aliphatic carbocycles. The van der Waals surface area contributed by atoms with Crippen molar-refractivity contribution < 1.29 is 14.3 Å². The van der Waals surface area contributed by atoms with Crippen LogP contribution in [0.25, 0.3) is 0 Å². The van der Waals surface area contributed by atoms with E-state index in [-0.39, 0.29) is 12.0 Å². The third-order valence-electron chi connectivity index (χ3n) is 3.16. The van der Waals surface area contributed by atoms with Gasteiger partial charge in [-0.3, -0.25) is 4.79 Å². The van der Waals surface area contributed by atoms with E-state index >= 15 is 0 Å². The predicted molar refractivity (Wildman–Crippen MR) is 91.0 cm³/mol. The number of amides is 1. The number of nitrogens with one attached hydrogen (secondary N) is 1. The molecule has 0 bridgehead atoms. The number of carbonyl (C=O) groups excluding carboxylic acids is 1. The zero-order chi connectivity index (χ0) is 16.7. The van der Waals surface area contributed by atoms with E-state index in [9.17, 15) is 4.79 Å². The molecule has 1 amide bonds. The summed E-state index contributed by atoms with van der Waals surface area (Å²) in [6.07, 6.45) is 0.151. The average Bonchev–Trinajstić information content (AvgIpc) is 2.54. The van der Waals surface area contributed by atoms with Crippen molar-refractivity contribution in [3.8, 4) is 11.5 Å². The van der Waals surface area contributed by atoms with Gasteiger partial charge in [-0.05, 0) is 56.7 Å². The summed E-state index contributed by atoms with van der Waals surface area (Å²) in [6, 6.07) is 14.9. The molecule has 2 aromatic rings. The molecule has 4 nitrogen and oxygen atoms in total. The lowest BCUT2D eigenvalue weighted by Gasteiger charge is -2.11. The summed E-state index contributed by atoms with van der Waals surface area (Å²) < 4.78 is 11.0. The van der Waals surface area contributed by atoms with Crippen molar-refractivity contribution in [3.63, 3.8) is 0 Å². The molecule has 122 valence electrons. The highest BCUT2D eigenvalue weighted by Crippen LogP contribution is 2.15. The maximum atomic E-state index is 12.2. The molecule has 0 saturated carbocycles. The number of hydrogen-bond acceptors (Lipinski definition) is 3. The van der Waals surface area contributed by atoms with Gasteiger partial charge in [0.2, 0.25) is 0 Å². The van der Waals surface area contributed by atoms with Crippen molar-refractivity contribution in [1.82, 2.24) is 5.32 Å². The van der Waals surface area contributed by atoms with Gasteiger partial charge in [0.25, 0.3) is 5.91 Å². The van der Waals surface area contributed by atoms with Gasteiger partial charge in [-0.2, -0.15) is 0 Å². The van der Waals surface area contributed by atoms with Crippen LogP contribution in [0.1, 0.15) is 36.7 Å². The summed E-state index contributed by atoms with van der Waals surface area (Å²) >= 11 is 0. The molecule has 4 heteroatoms. The van der Waals surface area contributed by atoms with Gasteiger partial charge in [0.1, 0.15) is 11.5 Å². The highest BCUT2D eigenvalue weighted by Gasteiger charge is 2.07. The molecule has 0 aliphatic rings. The lowest BCUT2D eigenvalue weighted by atomic mass is 10.2. The summed E-state index contributed by atoms with van der Waals surface area (Å²) in [5.41, 5.74) is 1.62. The van der Waals surface area contributed by atoms with Crippen LogP contribution in [0.5, 0.6) is 11.5 Å². The van der Waals surface area contributed by atoms with Crippen LogP contribution < -0.4 is 14.8 Å². The molecule has 2 aromatic carbocycles. The van der Waals surface area contributed by atoms with Gasteiger partial charge in [-0.25, -0.2) is 0 Å². The molecule has 0 atom stereocenters. The van der Waals surface area contributed by atoms with Crippen LogP contribution in [0.4, 0.5) is 0 Å². The average molecular weight is 313 g/mol. The van der Waals surface area contributed by atoms with Gasteiger partial charge in [-0.15, -0.1) is 0 Å². The molecule has 0 aliphatic heterocycles. The SMILES string of the molecule is CCOc1cccc(C(=O)NCc2ccc(OC(C)C)cc2)c1. The van der Waals surface area contributed by atoms with Gasteiger partial charge in [0.15, 0.2) is 0 Å². The summed E-state index contributed by atoms with van der Waals surface area (Å²) in [5, 5.41) is 2.91. The van der Waals surface area contributed by atoms with Crippen LogP contribution in [-0.2, 0) is 6.54 Å². The normalized spacial score (nSPS) is 10.4. The highest BCUT2D eigenvalue weighted by molar-refractivity contribution is 5.94. The molecular weight excluding hydrogens is 290 g/mol. The minimum atomic E-state index is -0.117. The predicted octanol–water partition coefficient (Wildman–Crippen LogP) is 3.80. The molecular formula is C19H23NO3. The molecule has 0 fully saturated rings. The minimum Gasteiger partial charge on any atom is -0.494 e. The Bertz CT molecular complexity index is 635. The first-order valence-corrected chi connectivity index (χ1v) is 7.85. The maximum absolute atomic E-state index is 12.2. The Kier molecular flexibility index (Phi) is 6.03. The zero-order valence-electron chi connectivity index (χ0n) is 13.8. The Morgan fingerprint density at radius 1 is 1.09 bits per heavy atom. The fourth-order valence-electron chi connectivity index (χ4n) is 2.14. The van der Waals surface area contributed by atoms with E-state index in [1.54, 1.807) is 12.1 Å². The second-order valence-electron chi connectivity index (χ2n) is 5.45. The Hall–Kier alpha value is -2.49. The van der Waals surface area contributed by atoms with Crippen LogP contribution in [0, 0.1) is 0 Å². The standard InChI is InChI=1S/C19H23NO3/c1-4-22-18-7-5-6-16(12-18)19(21)20-13-15-8-10-17(11-9-15)23-14(2)3/h5-12,14H,4,13H2,1-3H3,(H,20,21). The van der Waals surface area contributed by atoms with Crippen molar-refractivity contribution in [1.29, 1.82) is 0 Å². The first-order chi connectivity index (χ1) is 11.1. The number of rotatable bonds is 7. The first kappa shape index (κ1) is 16.9. The molecule has 0 heterocycles. The Balaban J connectivity index is 1.92. The molecule has 0 saturated heterocycles. The van der Waals surface area contributed by atoms with Crippen LogP contribution >= 0.6 is 0 Å². The van der Waals surface area contributed by atoms with Crippen LogP contribution in [-0.4, -0.2) is 18.6 Å². The van der Waals surface area contributed by atoms with E-state index in [1.807, 2.05) is 57.2 Å². The number of carbonyl (C=O) groups is 1. The largest absolute Gasteiger partial charge is 0.494 e. The van der Waals surface area contributed by atoms with Crippen molar-refractivity contribution >= 4 is 5.91 Å². The zero-order valence-corrected chi connectivity index (χ0v) is 13.8. The monoisotopic (exact) mass is 313 g/mol. The van der Waals surface area contributed by atoms with Crippen molar-refractivity contribution in [2.24, 2.45) is 0 Å². The lowest BCUT2D eigenvalue weighted by molar-refractivity contribution is 0.0950. The van der Waals surface area contributed by atoms with Gasteiger partial charge < -0.3 is 14.8 Å². The molecule has 1 N–H and O–H groups in total. The van der Waals surface area contributed by atoms with Crippen LogP contribution in [0.3, 0.4) is 0 Å². The third kappa shape index (κ3) is 5.33. The summed E-state index contributed by atoms with van der Waals surface area (Å²) in [7, 11) is 0. The molecule has 0 spiro atoms. The maximum Gasteiger partial charge on any atom is 0.251 e. The quantitative estimate of drug-likeness (QED) is 0.845. The third-order valence-corrected chi connectivity index (χ3v) is 3.16. The summed E-state index contributed by atoms with van der Waals surface area (Å²) in [4.78, 5) is 12.2. The van der Waals surface area contributed by atoms with Gasteiger partial charge in [0, 0.05) is 12.1 Å². The van der Waals surface area contributed by atoms with Gasteiger partial charge in [0.05, 0.1) is 12.7 Å². The Morgan fingerprint density at radius 3 is 2.48 bits per heavy atom. The van der Waals surface area contributed by atoms with Crippen molar-refractivity contribution in [3.05, 3.63) is 59.7 Å². The van der Waals surface area contributed by atoms with Crippen molar-refractivity contribution in [2.75, 3.05) is 6.61 Å². The van der Waals surface area contributed by atoms with Crippen LogP contribution in [0.2, 0.25) is 0 Å². The minimum absolute atomic E-state index is 0.117. The molecule has 23 heavy (non-hydrogen) atoms. The summed E-state index contributed by atoms with van der Waals surface area (Å²) in [6.45, 7) is 6.95. The second kappa shape index (κ2) is 8.22. The van der Waals surface area contributed by atoms with E-state index < -0.39 is 0 Å². The summed E-state index contributed by atoms with van der Waals surface area (Å²) in [5.74, 6) is 1.42. The number of hydrogen-bond donors (Lipinski definition) is 1. The Morgan fingerprint density at radius 2 is 1.83 bits per heavy atom. The van der Waals surface area contributed by atoms with Crippen LogP contribution in [0.15, 0.2) is 48.5 Å². The topological polar surface area (TPSA) is 47.6 Å². The highest BCUT2D eigenvalue weighted by atomic mass is 16.5. The Labute approximate surface area is 137 Å². The molecule has 2 rings (SSSR count). The van der Waals surface area contributed by atoms with Gasteiger partial charge >= 0.3 is 0 Å². The fourth-order valence-corrected chi connectivity index (χ4v) is 2.14. The second-order valence-corrected chi connectivity index (χ2v) is 5.45. The van der Waals surface area contributed by atoms with E-state index in [1.165, 1.54) is 0 Å². The molecule has 0 unspecified atom stereocenters. The van der Waals surface area contributed by atoms with E-state index in [0.29, 0.717) is 24.5 Å². The molecule has 0 aromatic heterocycles. The fraction of sp³-hybridized carbons (Fsp3) is 0.316. The molecule has 0 radical (unpaired) electrons. The van der Waals surface area contributed by atoms with E-state index in [2.05, 4.69) is 5.32 Å². The lowest BCUT2D eigenvalue weighted by Crippen LogP contribution is -2.22. The number of ether oxygens (including phenoxy) is 2. The van der Waals surface area contributed by atoms with E-state index in [4.69, 9.17) is 9.47 Å². The van der Waals surface area contributed by atoms with E-state index in [0.717, 1.165) is 11.3 Å². The van der Waals surface area contributed by atoms with Crippen molar-refractivity contribution in [2.45, 2.75) is 33.4 Å². The van der Waals surface area contributed by atoms with Gasteiger partial charge in [-0.1, -0.05) is 18.2 Å².